The molecule has 3 heterocycles. The number of hydrogen-bond acceptors (Lipinski definition) is 7. The molecule has 0 unspecified atom stereocenters. The monoisotopic (exact) mass is 544 g/mol. The van der Waals surface area contributed by atoms with E-state index in [1.54, 1.807) is 24.3 Å². The number of imidazole rings is 1. The summed E-state index contributed by atoms with van der Waals surface area (Å²) in [7, 11) is 1.50. The number of amides is 1. The van der Waals surface area contributed by atoms with Crippen molar-refractivity contribution in [2.75, 3.05) is 12.4 Å². The van der Waals surface area contributed by atoms with E-state index in [1.165, 1.54) is 37.5 Å². The van der Waals surface area contributed by atoms with Gasteiger partial charge in [-0.05, 0) is 48.0 Å². The molecule has 5 rings (SSSR count). The summed E-state index contributed by atoms with van der Waals surface area (Å²) in [6.45, 7) is 0. The van der Waals surface area contributed by atoms with E-state index < -0.39 is 18.1 Å². The predicted octanol–water partition coefficient (Wildman–Crippen LogP) is 6.69. The number of pyridine rings is 2. The third kappa shape index (κ3) is 6.04. The highest BCUT2D eigenvalue weighted by atomic mass is 19.4. The number of benzene rings is 2. The Labute approximate surface area is 222 Å². The minimum absolute atomic E-state index is 0. The number of anilines is 2. The van der Waals surface area contributed by atoms with Gasteiger partial charge in [-0.1, -0.05) is 0 Å². The molecule has 1 amide bonds. The highest BCUT2D eigenvalue weighted by molar-refractivity contribution is 5.92. The second-order valence-electron chi connectivity index (χ2n) is 8.07. The lowest BCUT2D eigenvalue weighted by Gasteiger charge is -2.15. The molecule has 2 aromatic carbocycles. The molecule has 204 valence electrons. The van der Waals surface area contributed by atoms with E-state index in [2.05, 4.69) is 35.3 Å². The second-order valence-corrected chi connectivity index (χ2v) is 8.07. The Hall–Kier alpha value is -5.20. The van der Waals surface area contributed by atoms with Gasteiger partial charge in [-0.25, -0.2) is 9.97 Å². The third-order valence-corrected chi connectivity index (χ3v) is 5.39. The van der Waals surface area contributed by atoms with Gasteiger partial charge in [-0.15, -0.1) is 13.2 Å². The summed E-state index contributed by atoms with van der Waals surface area (Å²) in [5.74, 6) is -0.541. The molecule has 0 bridgehead atoms. The van der Waals surface area contributed by atoms with Crippen molar-refractivity contribution < 1.29 is 36.1 Å². The van der Waals surface area contributed by atoms with E-state index in [-0.39, 0.29) is 27.0 Å². The van der Waals surface area contributed by atoms with E-state index in [0.29, 0.717) is 34.2 Å². The Morgan fingerprint density at radius 1 is 0.974 bits per heavy atom. The molecular formula is C26H24F4N6O3. The van der Waals surface area contributed by atoms with Crippen molar-refractivity contribution in [2.45, 2.75) is 6.36 Å². The molecule has 0 aliphatic rings. The molecule has 3 aromatic heterocycles. The zero-order valence-corrected chi connectivity index (χ0v) is 20.0. The van der Waals surface area contributed by atoms with Crippen molar-refractivity contribution >= 4 is 28.6 Å². The highest BCUT2D eigenvalue weighted by Gasteiger charge is 2.32. The van der Waals surface area contributed by atoms with Crippen LogP contribution in [0.3, 0.4) is 0 Å². The van der Waals surface area contributed by atoms with Crippen LogP contribution >= 0.6 is 0 Å². The standard InChI is InChI=1S/C26H18F4N6O3.3H2/c1-31-24(37)21-13-17(7-9-32-21)38-16-3-4-19-20(12-16)36-25(35-19)34-15-2-5-22(39-26(28,29)30)18(11-15)14-6-8-33-23(27)10-14;;;/h2-13H,1H3,(H,31,37)(H2,34,35,36);3*1H. The Morgan fingerprint density at radius 2 is 1.77 bits per heavy atom. The topological polar surface area (TPSA) is 114 Å². The number of hydrogen-bond donors (Lipinski definition) is 3. The van der Waals surface area contributed by atoms with Crippen molar-refractivity contribution in [3.05, 3.63) is 84.7 Å². The summed E-state index contributed by atoms with van der Waals surface area (Å²) < 4.78 is 62.5. The van der Waals surface area contributed by atoms with Gasteiger partial charge in [-0.3, -0.25) is 9.78 Å². The molecular weight excluding hydrogens is 520 g/mol. The third-order valence-electron chi connectivity index (χ3n) is 5.39. The van der Waals surface area contributed by atoms with Crippen LogP contribution in [-0.2, 0) is 0 Å². The number of rotatable bonds is 7. The summed E-state index contributed by atoms with van der Waals surface area (Å²) in [4.78, 5) is 26.8. The molecule has 9 nitrogen and oxygen atoms in total. The number of H-pyrrole nitrogens is 1. The minimum atomic E-state index is -4.94. The van der Waals surface area contributed by atoms with Gasteiger partial charge in [0.25, 0.3) is 5.91 Å². The quantitative estimate of drug-likeness (QED) is 0.154. The predicted molar refractivity (Wildman–Crippen MR) is 140 cm³/mol. The van der Waals surface area contributed by atoms with Gasteiger partial charge in [0.05, 0.1) is 11.0 Å². The van der Waals surface area contributed by atoms with Crippen LogP contribution in [0.25, 0.3) is 22.2 Å². The number of nitrogens with one attached hydrogen (secondary N) is 3. The summed E-state index contributed by atoms with van der Waals surface area (Å²) in [6.07, 6.45) is -2.34. The molecule has 0 saturated carbocycles. The van der Waals surface area contributed by atoms with Gasteiger partial charge < -0.3 is 25.1 Å². The fourth-order valence-corrected chi connectivity index (χ4v) is 3.73. The number of fused-ring (bicyclic) bond motifs is 1. The maximum absolute atomic E-state index is 13.7. The maximum Gasteiger partial charge on any atom is 0.573 e. The Morgan fingerprint density at radius 3 is 2.54 bits per heavy atom. The Bertz CT molecular complexity index is 1690. The first-order chi connectivity index (χ1) is 18.7. The molecule has 0 radical (unpaired) electrons. The van der Waals surface area contributed by atoms with Gasteiger partial charge >= 0.3 is 6.36 Å². The molecule has 0 atom stereocenters. The van der Waals surface area contributed by atoms with Gasteiger partial charge in [0.15, 0.2) is 0 Å². The summed E-state index contributed by atoms with van der Waals surface area (Å²) >= 11 is 0. The summed E-state index contributed by atoms with van der Waals surface area (Å²) in [5.41, 5.74) is 1.89. The van der Waals surface area contributed by atoms with Crippen LogP contribution in [0, 0.1) is 5.95 Å². The van der Waals surface area contributed by atoms with E-state index in [4.69, 9.17) is 4.74 Å². The maximum atomic E-state index is 13.7. The van der Waals surface area contributed by atoms with Crippen LogP contribution in [0.1, 0.15) is 14.8 Å². The molecule has 5 aromatic rings. The van der Waals surface area contributed by atoms with Crippen LogP contribution in [0.2, 0.25) is 0 Å². The fraction of sp³-hybridized carbons (Fsp3) is 0.0769. The zero-order valence-electron chi connectivity index (χ0n) is 20.0. The lowest BCUT2D eigenvalue weighted by Crippen LogP contribution is -2.18. The van der Waals surface area contributed by atoms with Crippen LogP contribution in [-0.4, -0.2) is 39.3 Å². The van der Waals surface area contributed by atoms with Crippen molar-refractivity contribution in [3.63, 3.8) is 0 Å². The van der Waals surface area contributed by atoms with E-state index in [1.807, 2.05) is 0 Å². The van der Waals surface area contributed by atoms with Gasteiger partial charge in [0.2, 0.25) is 11.9 Å². The first-order valence-corrected chi connectivity index (χ1v) is 11.3. The van der Waals surface area contributed by atoms with Crippen molar-refractivity contribution in [1.82, 2.24) is 25.3 Å². The highest BCUT2D eigenvalue weighted by Crippen LogP contribution is 2.37. The van der Waals surface area contributed by atoms with Crippen LogP contribution in [0.5, 0.6) is 17.2 Å². The average Bonchev–Trinajstić information content (AvgIpc) is 3.30. The summed E-state index contributed by atoms with van der Waals surface area (Å²) in [5, 5.41) is 5.49. The van der Waals surface area contributed by atoms with Crippen LogP contribution in [0.15, 0.2) is 73.1 Å². The number of halogens is 4. The molecule has 13 heteroatoms. The Kier molecular flexibility index (Phi) is 6.71. The smallest absolute Gasteiger partial charge is 0.457 e. The fourth-order valence-electron chi connectivity index (χ4n) is 3.73. The number of aromatic nitrogens is 4. The lowest BCUT2D eigenvalue weighted by atomic mass is 10.1. The van der Waals surface area contributed by atoms with Crippen molar-refractivity contribution in [1.29, 1.82) is 0 Å². The number of carbonyl (C=O) groups excluding carboxylic acids is 1. The normalized spacial score (nSPS) is 11.3. The van der Waals surface area contributed by atoms with Crippen LogP contribution in [0.4, 0.5) is 29.2 Å². The molecule has 0 fully saturated rings. The van der Waals surface area contributed by atoms with Crippen molar-refractivity contribution in [2.24, 2.45) is 0 Å². The van der Waals surface area contributed by atoms with E-state index >= 15 is 0 Å². The molecule has 0 aliphatic heterocycles. The Balaban J connectivity index is 0.00000205. The van der Waals surface area contributed by atoms with Gasteiger partial charge in [-0.2, -0.15) is 4.39 Å². The lowest BCUT2D eigenvalue weighted by molar-refractivity contribution is -0.274. The summed E-state index contributed by atoms with van der Waals surface area (Å²) in [6, 6.07) is 14.4. The number of nitrogens with zero attached hydrogens (tertiary/aromatic N) is 3. The number of carbonyl (C=O) groups is 1. The van der Waals surface area contributed by atoms with Crippen LogP contribution < -0.4 is 20.1 Å². The SMILES string of the molecule is CNC(=O)c1cc(Oc2ccc3nc(Nc4ccc(OC(F)(F)F)c(-c5ccnc(F)c5)c4)[nH]c3c2)ccn1.[HH].[HH].[HH]. The molecule has 3 N–H and O–H groups in total. The van der Waals surface area contributed by atoms with Crippen molar-refractivity contribution in [3.8, 4) is 28.4 Å². The van der Waals surface area contributed by atoms with E-state index in [0.717, 1.165) is 18.3 Å². The largest absolute Gasteiger partial charge is 0.573 e. The zero-order chi connectivity index (χ0) is 27.6. The molecule has 0 saturated heterocycles. The molecule has 0 aliphatic carbocycles. The first kappa shape index (κ1) is 25.4. The number of ether oxygens (including phenoxy) is 2. The van der Waals surface area contributed by atoms with Gasteiger partial charge in [0.1, 0.15) is 22.9 Å². The molecule has 39 heavy (non-hydrogen) atoms. The number of alkyl halides is 3. The average molecular weight is 545 g/mol. The minimum Gasteiger partial charge on any atom is -0.457 e. The second kappa shape index (κ2) is 10.3. The molecule has 0 spiro atoms. The van der Waals surface area contributed by atoms with E-state index in [9.17, 15) is 22.4 Å². The first-order valence-electron chi connectivity index (χ1n) is 11.3. The number of aromatic amines is 1. The van der Waals surface area contributed by atoms with Gasteiger partial charge in [0, 0.05) is 53.2 Å².